The fraction of sp³-hybridized carbons (Fsp3) is 0.467. The minimum atomic E-state index is -4.51. The molecule has 0 bridgehead atoms. The Balaban J connectivity index is 2.34. The van der Waals surface area contributed by atoms with Gasteiger partial charge in [0.05, 0.1) is 4.88 Å². The second-order valence-electron chi connectivity index (χ2n) is 5.19. The van der Waals surface area contributed by atoms with Gasteiger partial charge < -0.3 is 10.4 Å². The van der Waals surface area contributed by atoms with Gasteiger partial charge in [-0.25, -0.2) is 4.98 Å². The summed E-state index contributed by atoms with van der Waals surface area (Å²) in [5, 5.41) is 12.3. The number of aromatic nitrogens is 1. The van der Waals surface area contributed by atoms with Crippen molar-refractivity contribution in [2.24, 2.45) is 0 Å². The highest BCUT2D eigenvalue weighted by Crippen LogP contribution is 2.34. The summed E-state index contributed by atoms with van der Waals surface area (Å²) in [6.07, 6.45) is -3.42. The van der Waals surface area contributed by atoms with Gasteiger partial charge in [-0.05, 0) is 37.5 Å². The van der Waals surface area contributed by atoms with E-state index in [9.17, 15) is 18.0 Å². The highest BCUT2D eigenvalue weighted by atomic mass is 32.1. The molecule has 23 heavy (non-hydrogen) atoms. The molecule has 0 aliphatic carbocycles. The third-order valence-electron chi connectivity index (χ3n) is 3.61. The zero-order chi connectivity index (χ0) is 17.2. The lowest BCUT2D eigenvalue weighted by molar-refractivity contribution is -0.140. The molecular formula is C15H17F3N2O2S. The molecule has 0 spiro atoms. The molecule has 0 aliphatic heterocycles. The van der Waals surface area contributed by atoms with Gasteiger partial charge in [0.2, 0.25) is 0 Å². The number of carbonyl (C=O) groups excluding carboxylic acids is 1. The van der Waals surface area contributed by atoms with Crippen LogP contribution in [0.25, 0.3) is 10.2 Å². The lowest BCUT2D eigenvalue weighted by Gasteiger charge is -2.15. The van der Waals surface area contributed by atoms with Crippen molar-refractivity contribution in [1.82, 2.24) is 10.3 Å². The van der Waals surface area contributed by atoms with Crippen molar-refractivity contribution in [3.8, 4) is 0 Å². The Kier molecular flexibility index (Phi) is 5.26. The third kappa shape index (κ3) is 3.81. The van der Waals surface area contributed by atoms with Crippen LogP contribution >= 0.6 is 11.3 Å². The second kappa shape index (κ2) is 6.84. The minimum absolute atomic E-state index is 0.0410. The molecular weight excluding hydrogens is 329 g/mol. The summed E-state index contributed by atoms with van der Waals surface area (Å²) in [6.45, 7) is 3.53. The number of aliphatic hydroxyl groups is 1. The average Bonchev–Trinajstić information content (AvgIpc) is 2.82. The van der Waals surface area contributed by atoms with Crippen molar-refractivity contribution < 1.29 is 23.1 Å². The highest BCUT2D eigenvalue weighted by molar-refractivity contribution is 7.20. The van der Waals surface area contributed by atoms with E-state index < -0.39 is 11.9 Å². The van der Waals surface area contributed by atoms with Crippen LogP contribution in [0, 0.1) is 6.92 Å². The Morgan fingerprint density at radius 2 is 2.13 bits per heavy atom. The number of aliphatic hydroxyl groups excluding tert-OH is 1. The van der Waals surface area contributed by atoms with Crippen LogP contribution in [-0.4, -0.2) is 28.6 Å². The van der Waals surface area contributed by atoms with Crippen LogP contribution in [0.3, 0.4) is 0 Å². The van der Waals surface area contributed by atoms with Crippen molar-refractivity contribution in [1.29, 1.82) is 0 Å². The second-order valence-corrected chi connectivity index (χ2v) is 6.19. The molecule has 2 rings (SSSR count). The SMILES string of the molecule is CCC(CCO)NC(=O)c1sc2nc(C(F)(F)F)ccc2c1C. The molecule has 2 heterocycles. The fourth-order valence-electron chi connectivity index (χ4n) is 2.26. The quantitative estimate of drug-likeness (QED) is 0.871. The molecule has 1 amide bonds. The van der Waals surface area contributed by atoms with E-state index in [2.05, 4.69) is 10.3 Å². The van der Waals surface area contributed by atoms with Crippen molar-refractivity contribution in [3.63, 3.8) is 0 Å². The molecule has 0 saturated heterocycles. The van der Waals surface area contributed by atoms with Crippen LogP contribution in [0.4, 0.5) is 13.2 Å². The summed E-state index contributed by atoms with van der Waals surface area (Å²) in [5.74, 6) is -0.348. The predicted octanol–water partition coefficient (Wildman–Crippen LogP) is 3.51. The lowest BCUT2D eigenvalue weighted by atomic mass is 10.1. The Morgan fingerprint density at radius 1 is 1.43 bits per heavy atom. The Hall–Kier alpha value is -1.67. The van der Waals surface area contributed by atoms with Gasteiger partial charge in [-0.2, -0.15) is 13.2 Å². The Labute approximate surface area is 135 Å². The van der Waals surface area contributed by atoms with E-state index in [4.69, 9.17) is 5.11 Å². The molecule has 0 saturated carbocycles. The number of aryl methyl sites for hydroxylation is 1. The zero-order valence-corrected chi connectivity index (χ0v) is 13.5. The number of nitrogens with one attached hydrogen (secondary N) is 1. The first-order valence-electron chi connectivity index (χ1n) is 7.17. The predicted molar refractivity (Wildman–Crippen MR) is 82.6 cm³/mol. The number of alkyl halides is 3. The summed E-state index contributed by atoms with van der Waals surface area (Å²) in [4.78, 5) is 16.5. The number of thiophene rings is 1. The maximum Gasteiger partial charge on any atom is 0.433 e. The van der Waals surface area contributed by atoms with Crippen molar-refractivity contribution in [3.05, 3.63) is 28.3 Å². The first kappa shape index (κ1) is 17.7. The van der Waals surface area contributed by atoms with E-state index in [-0.39, 0.29) is 23.4 Å². The number of amides is 1. The van der Waals surface area contributed by atoms with Crippen molar-refractivity contribution >= 4 is 27.5 Å². The number of carbonyl (C=O) groups is 1. The monoisotopic (exact) mass is 346 g/mol. The number of halogens is 3. The molecule has 2 aromatic heterocycles. The number of rotatable bonds is 5. The number of nitrogens with zero attached hydrogens (tertiary/aromatic N) is 1. The summed E-state index contributed by atoms with van der Waals surface area (Å²) >= 11 is 0.947. The molecule has 0 aliphatic rings. The van der Waals surface area contributed by atoms with Gasteiger partial charge in [0, 0.05) is 18.0 Å². The van der Waals surface area contributed by atoms with Gasteiger partial charge in [0.15, 0.2) is 0 Å². The van der Waals surface area contributed by atoms with E-state index in [1.54, 1.807) is 6.92 Å². The number of hydrogen-bond donors (Lipinski definition) is 2. The van der Waals surface area contributed by atoms with E-state index >= 15 is 0 Å². The summed E-state index contributed by atoms with van der Waals surface area (Å²) in [7, 11) is 0. The van der Waals surface area contributed by atoms with E-state index in [0.717, 1.165) is 17.4 Å². The third-order valence-corrected chi connectivity index (χ3v) is 4.81. The summed E-state index contributed by atoms with van der Waals surface area (Å²) in [6, 6.07) is 2.10. The Morgan fingerprint density at radius 3 is 2.70 bits per heavy atom. The largest absolute Gasteiger partial charge is 0.433 e. The van der Waals surface area contributed by atoms with Crippen LogP contribution in [0.15, 0.2) is 12.1 Å². The highest BCUT2D eigenvalue weighted by Gasteiger charge is 2.33. The molecule has 2 aromatic rings. The maximum absolute atomic E-state index is 12.7. The van der Waals surface area contributed by atoms with Crippen LogP contribution in [0.5, 0.6) is 0 Å². The topological polar surface area (TPSA) is 62.2 Å². The Bertz CT molecular complexity index is 713. The minimum Gasteiger partial charge on any atom is -0.396 e. The van der Waals surface area contributed by atoms with Crippen LogP contribution in [-0.2, 0) is 6.18 Å². The molecule has 1 atom stereocenters. The molecule has 8 heteroatoms. The number of hydrogen-bond acceptors (Lipinski definition) is 4. The molecule has 1 unspecified atom stereocenters. The fourth-order valence-corrected chi connectivity index (χ4v) is 3.34. The van der Waals surface area contributed by atoms with Crippen LogP contribution < -0.4 is 5.32 Å². The molecule has 0 fully saturated rings. The molecule has 2 N–H and O–H groups in total. The first-order valence-corrected chi connectivity index (χ1v) is 7.98. The van der Waals surface area contributed by atoms with Gasteiger partial charge in [-0.15, -0.1) is 11.3 Å². The smallest absolute Gasteiger partial charge is 0.396 e. The lowest BCUT2D eigenvalue weighted by Crippen LogP contribution is -2.34. The molecule has 126 valence electrons. The van der Waals surface area contributed by atoms with Gasteiger partial charge in [-0.1, -0.05) is 6.92 Å². The maximum atomic E-state index is 12.7. The van der Waals surface area contributed by atoms with E-state index in [1.807, 2.05) is 6.92 Å². The van der Waals surface area contributed by atoms with Gasteiger partial charge in [0.1, 0.15) is 10.5 Å². The average molecular weight is 346 g/mol. The number of pyridine rings is 1. The van der Waals surface area contributed by atoms with Gasteiger partial charge in [-0.3, -0.25) is 4.79 Å². The van der Waals surface area contributed by atoms with Gasteiger partial charge in [0.25, 0.3) is 5.91 Å². The standard InChI is InChI=1S/C15H17F3N2O2S/c1-3-9(6-7-21)19-13(22)12-8(2)10-4-5-11(15(16,17)18)20-14(10)23-12/h4-5,9,21H,3,6-7H2,1-2H3,(H,19,22). The summed E-state index contributed by atoms with van der Waals surface area (Å²) < 4.78 is 38.2. The molecule has 0 radical (unpaired) electrons. The molecule has 4 nitrogen and oxygen atoms in total. The zero-order valence-electron chi connectivity index (χ0n) is 12.7. The number of fused-ring (bicyclic) bond motifs is 1. The van der Waals surface area contributed by atoms with Crippen LogP contribution in [0.2, 0.25) is 0 Å². The first-order chi connectivity index (χ1) is 10.8. The molecule has 0 aromatic carbocycles. The van der Waals surface area contributed by atoms with E-state index in [0.29, 0.717) is 28.7 Å². The van der Waals surface area contributed by atoms with Gasteiger partial charge >= 0.3 is 6.18 Å². The van der Waals surface area contributed by atoms with E-state index in [1.165, 1.54) is 6.07 Å². The van der Waals surface area contributed by atoms with Crippen LogP contribution in [0.1, 0.15) is 40.7 Å². The summed E-state index contributed by atoms with van der Waals surface area (Å²) in [5.41, 5.74) is -0.354. The van der Waals surface area contributed by atoms with Crippen molar-refractivity contribution in [2.45, 2.75) is 38.9 Å². The normalized spacial score (nSPS) is 13.3. The van der Waals surface area contributed by atoms with Crippen molar-refractivity contribution in [2.75, 3.05) is 6.61 Å².